The first-order valence-corrected chi connectivity index (χ1v) is 15.1. The second-order valence-corrected chi connectivity index (χ2v) is 11.7. The van der Waals surface area contributed by atoms with E-state index in [0.717, 1.165) is 32.9 Å². The number of anilines is 2. The number of benzene rings is 3. The van der Waals surface area contributed by atoms with Gasteiger partial charge in [-0.2, -0.15) is 5.10 Å². The van der Waals surface area contributed by atoms with Crippen LogP contribution in [0.4, 0.5) is 11.5 Å². The number of thiophene rings is 1. The van der Waals surface area contributed by atoms with Gasteiger partial charge in [-0.3, -0.25) is 14.5 Å². The Labute approximate surface area is 246 Å². The van der Waals surface area contributed by atoms with Crippen LogP contribution in [0.2, 0.25) is 0 Å². The van der Waals surface area contributed by atoms with E-state index in [9.17, 15) is 9.59 Å². The lowest BCUT2D eigenvalue weighted by Gasteiger charge is -2.23. The van der Waals surface area contributed by atoms with E-state index in [-0.39, 0.29) is 29.4 Å². The lowest BCUT2D eigenvalue weighted by Crippen LogP contribution is -2.40. The molecule has 0 aliphatic carbocycles. The van der Waals surface area contributed by atoms with Gasteiger partial charge in [-0.25, -0.2) is 4.68 Å². The molecule has 0 fully saturated rings. The summed E-state index contributed by atoms with van der Waals surface area (Å²) in [4.78, 5) is 29.9. The molecule has 3 heterocycles. The van der Waals surface area contributed by atoms with Gasteiger partial charge in [0.2, 0.25) is 11.8 Å². The van der Waals surface area contributed by atoms with E-state index in [2.05, 4.69) is 11.4 Å². The zero-order chi connectivity index (χ0) is 28.3. The van der Waals surface area contributed by atoms with E-state index in [1.54, 1.807) is 39.8 Å². The Morgan fingerprint density at radius 1 is 1.00 bits per heavy atom. The van der Waals surface area contributed by atoms with Crippen molar-refractivity contribution >= 4 is 46.4 Å². The van der Waals surface area contributed by atoms with Crippen LogP contribution in [-0.4, -0.2) is 41.0 Å². The second-order valence-electron chi connectivity index (χ2n) is 9.66. The number of carbonyl (C=O) groups is 2. The van der Waals surface area contributed by atoms with Crippen molar-refractivity contribution in [1.82, 2.24) is 9.78 Å². The van der Waals surface area contributed by atoms with Crippen LogP contribution >= 0.6 is 23.1 Å². The van der Waals surface area contributed by atoms with Crippen LogP contribution in [0.3, 0.4) is 0 Å². The highest BCUT2D eigenvalue weighted by Crippen LogP contribution is 2.49. The number of aromatic nitrogens is 2. The number of thioether (sulfide) groups is 1. The molecule has 9 heteroatoms. The fraction of sp³-hybridized carbons (Fsp3) is 0.156. The van der Waals surface area contributed by atoms with Crippen molar-refractivity contribution in [2.24, 2.45) is 0 Å². The predicted octanol–water partition coefficient (Wildman–Crippen LogP) is 6.73. The molecule has 0 saturated carbocycles. The summed E-state index contributed by atoms with van der Waals surface area (Å²) >= 11 is 3.22. The number of hydrogen-bond donors (Lipinski definition) is 1. The van der Waals surface area contributed by atoms with Gasteiger partial charge in [0.15, 0.2) is 0 Å². The minimum atomic E-state index is -0.281. The molecule has 206 valence electrons. The lowest BCUT2D eigenvalue weighted by molar-refractivity contribution is -0.120. The monoisotopic (exact) mass is 580 g/mol. The summed E-state index contributed by atoms with van der Waals surface area (Å²) in [5.74, 6) is 1.11. The SMILES string of the molecule is COc1ccc(-n2nc(-c3ccccc3)c3c2N(CC(=O)Nc2ccc(C)cc2)C(=O)CSC3c2cccs2)cc1. The Morgan fingerprint density at radius 3 is 2.44 bits per heavy atom. The summed E-state index contributed by atoms with van der Waals surface area (Å²) in [7, 11) is 1.62. The molecule has 5 aromatic rings. The maximum atomic E-state index is 13.8. The van der Waals surface area contributed by atoms with Crippen molar-refractivity contribution in [3.8, 4) is 22.7 Å². The second kappa shape index (κ2) is 11.6. The van der Waals surface area contributed by atoms with Gasteiger partial charge in [0.1, 0.15) is 18.1 Å². The molecule has 2 aromatic heterocycles. The number of nitrogens with one attached hydrogen (secondary N) is 1. The highest BCUT2D eigenvalue weighted by molar-refractivity contribution is 8.00. The summed E-state index contributed by atoms with van der Waals surface area (Å²) in [6, 6.07) is 29.3. The summed E-state index contributed by atoms with van der Waals surface area (Å²) in [5.41, 5.74) is 5.18. The van der Waals surface area contributed by atoms with Gasteiger partial charge < -0.3 is 10.1 Å². The number of carbonyl (C=O) groups excluding carboxylic acids is 2. The van der Waals surface area contributed by atoms with Gasteiger partial charge in [-0.15, -0.1) is 23.1 Å². The molecule has 3 aromatic carbocycles. The van der Waals surface area contributed by atoms with E-state index >= 15 is 0 Å². The largest absolute Gasteiger partial charge is 0.497 e. The van der Waals surface area contributed by atoms with E-state index in [1.165, 1.54) is 0 Å². The maximum absolute atomic E-state index is 13.8. The molecule has 1 aliphatic heterocycles. The van der Waals surface area contributed by atoms with Crippen LogP contribution in [0, 0.1) is 6.92 Å². The van der Waals surface area contributed by atoms with Gasteiger partial charge in [0.25, 0.3) is 0 Å². The summed E-state index contributed by atoms with van der Waals surface area (Å²) in [6.45, 7) is 1.85. The van der Waals surface area contributed by atoms with E-state index in [1.807, 2.05) is 97.2 Å². The third kappa shape index (κ3) is 5.51. The van der Waals surface area contributed by atoms with E-state index in [0.29, 0.717) is 17.3 Å². The molecule has 1 unspecified atom stereocenters. The number of rotatable bonds is 7. The van der Waals surface area contributed by atoms with Gasteiger partial charge >= 0.3 is 0 Å². The zero-order valence-electron chi connectivity index (χ0n) is 22.6. The number of amides is 2. The zero-order valence-corrected chi connectivity index (χ0v) is 24.2. The Hall–Kier alpha value is -4.34. The Balaban J connectivity index is 1.53. The minimum Gasteiger partial charge on any atom is -0.497 e. The number of hydrogen-bond acceptors (Lipinski definition) is 6. The summed E-state index contributed by atoms with van der Waals surface area (Å²) in [5, 5.41) is 9.98. The van der Waals surface area contributed by atoms with Crippen molar-refractivity contribution in [2.45, 2.75) is 12.2 Å². The van der Waals surface area contributed by atoms with E-state index in [4.69, 9.17) is 9.84 Å². The molecular formula is C32H28N4O3S2. The van der Waals surface area contributed by atoms with Gasteiger partial charge in [-0.05, 0) is 54.8 Å². The fourth-order valence-corrected chi connectivity index (χ4v) is 7.05. The average molecular weight is 581 g/mol. The molecule has 6 rings (SSSR count). The smallest absolute Gasteiger partial charge is 0.244 e. The molecular weight excluding hydrogens is 553 g/mol. The van der Waals surface area contributed by atoms with Crippen LogP contribution in [0.25, 0.3) is 16.9 Å². The molecule has 0 radical (unpaired) electrons. The number of aryl methyl sites for hydroxylation is 1. The first-order valence-electron chi connectivity index (χ1n) is 13.2. The first-order chi connectivity index (χ1) is 20.0. The third-order valence-corrected chi connectivity index (χ3v) is 9.21. The van der Waals surface area contributed by atoms with E-state index < -0.39 is 0 Å². The molecule has 1 aliphatic rings. The fourth-order valence-electron chi connectivity index (χ4n) is 4.88. The molecule has 1 N–H and O–H groups in total. The summed E-state index contributed by atoms with van der Waals surface area (Å²) < 4.78 is 7.18. The number of ether oxygens (including phenoxy) is 1. The van der Waals surface area contributed by atoms with Crippen LogP contribution < -0.4 is 15.0 Å². The predicted molar refractivity (Wildman–Crippen MR) is 166 cm³/mol. The molecule has 1 atom stereocenters. The van der Waals surface area contributed by atoms with Crippen molar-refractivity contribution in [3.63, 3.8) is 0 Å². The molecule has 2 amide bonds. The Bertz CT molecular complexity index is 1660. The van der Waals surface area contributed by atoms with Crippen molar-refractivity contribution in [2.75, 3.05) is 29.6 Å². The average Bonchev–Trinajstić information content (AvgIpc) is 3.64. The number of nitrogens with zero attached hydrogens (tertiary/aromatic N) is 3. The molecule has 0 bridgehead atoms. The highest BCUT2D eigenvalue weighted by Gasteiger charge is 2.38. The minimum absolute atomic E-state index is 0.138. The Kier molecular flexibility index (Phi) is 7.63. The summed E-state index contributed by atoms with van der Waals surface area (Å²) in [6.07, 6.45) is 0. The van der Waals surface area contributed by atoms with Crippen LogP contribution in [0.5, 0.6) is 5.75 Å². The van der Waals surface area contributed by atoms with Crippen LogP contribution in [0.15, 0.2) is 96.4 Å². The molecule has 41 heavy (non-hydrogen) atoms. The first kappa shape index (κ1) is 26.9. The third-order valence-electron chi connectivity index (χ3n) is 6.89. The van der Waals surface area contributed by atoms with Gasteiger partial charge in [-0.1, -0.05) is 54.1 Å². The topological polar surface area (TPSA) is 76.5 Å². The number of methoxy groups -OCH3 is 1. The standard InChI is InChI=1S/C32H28N4O3S2/c1-21-10-12-23(13-11-21)33-27(37)19-35-28(38)20-41-31(26-9-6-18-40-26)29-30(22-7-4-3-5-8-22)34-36(32(29)35)24-14-16-25(39-2)17-15-24/h3-18,31H,19-20H2,1-2H3,(H,33,37). The highest BCUT2D eigenvalue weighted by atomic mass is 32.2. The van der Waals surface area contributed by atoms with Crippen LogP contribution in [0.1, 0.15) is 21.3 Å². The maximum Gasteiger partial charge on any atom is 0.244 e. The molecule has 0 saturated heterocycles. The molecule has 7 nitrogen and oxygen atoms in total. The van der Waals surface area contributed by atoms with Crippen molar-refractivity contribution in [3.05, 3.63) is 112 Å². The number of fused-ring (bicyclic) bond motifs is 1. The van der Waals surface area contributed by atoms with Crippen LogP contribution in [-0.2, 0) is 9.59 Å². The van der Waals surface area contributed by atoms with Crippen molar-refractivity contribution < 1.29 is 14.3 Å². The normalized spacial score (nSPS) is 14.8. The van der Waals surface area contributed by atoms with Crippen molar-refractivity contribution in [1.29, 1.82) is 0 Å². The molecule has 0 spiro atoms. The van der Waals surface area contributed by atoms with Gasteiger partial charge in [0.05, 0.1) is 29.5 Å². The Morgan fingerprint density at radius 2 is 1.76 bits per heavy atom. The van der Waals surface area contributed by atoms with Gasteiger partial charge in [0, 0.05) is 21.7 Å². The lowest BCUT2D eigenvalue weighted by atomic mass is 10.0. The quantitative estimate of drug-likeness (QED) is 0.231.